The van der Waals surface area contributed by atoms with Gasteiger partial charge < -0.3 is 18.6 Å². The molecular weight excluding hydrogens is 1290 g/mol. The maximum absolute atomic E-state index is 7.50. The number of hydrogen-bond donors (Lipinski definition) is 0. The van der Waals surface area contributed by atoms with E-state index in [0.29, 0.717) is 0 Å². The van der Waals surface area contributed by atoms with Gasteiger partial charge in [-0.1, -0.05) is 296 Å². The SMILES string of the molecule is Cc1ccccc1N(c1ccc2ccc3c(N(c4ccccc4C)c4cccc5c4oc4c(C(C)(C)C)cc(-c6ccc7cc(-c8ccc(-c9c%10ccccc%10c(-c%10cccc%11ccccc%10%11)c%10ccccc9%10)cc8)ccc7c6)cc45)ccc4ccc1c2c43)c1cccc2c1oc1c(C(C)(C)C)cccc12. The molecule has 0 radical (unpaired) electrons. The van der Waals surface area contributed by atoms with Gasteiger partial charge in [0.15, 0.2) is 11.2 Å². The maximum Gasteiger partial charge on any atom is 0.159 e. The molecule has 2 heterocycles. The summed E-state index contributed by atoms with van der Waals surface area (Å²) in [5.41, 5.74) is 23.9. The van der Waals surface area contributed by atoms with Crippen molar-refractivity contribution < 1.29 is 8.83 Å². The van der Waals surface area contributed by atoms with Crippen LogP contribution in [0.1, 0.15) is 63.8 Å². The summed E-state index contributed by atoms with van der Waals surface area (Å²) in [6.07, 6.45) is 0. The highest BCUT2D eigenvalue weighted by Crippen LogP contribution is 2.54. The number of benzene rings is 18. The molecule has 0 aliphatic rings. The van der Waals surface area contributed by atoms with Crippen molar-refractivity contribution in [1.29, 1.82) is 0 Å². The van der Waals surface area contributed by atoms with Crippen molar-refractivity contribution in [3.8, 4) is 44.5 Å². The molecule has 0 aliphatic carbocycles. The Morgan fingerprint density at radius 1 is 0.226 bits per heavy atom. The molecule has 0 unspecified atom stereocenters. The lowest BCUT2D eigenvalue weighted by molar-refractivity contribution is 0.572. The summed E-state index contributed by atoms with van der Waals surface area (Å²) >= 11 is 0. The third-order valence-corrected chi connectivity index (χ3v) is 22.7. The van der Waals surface area contributed by atoms with Gasteiger partial charge in [0.05, 0.1) is 22.7 Å². The monoisotopic (exact) mass is 1360 g/mol. The molecule has 0 saturated carbocycles. The fraction of sp³-hybridized carbons (Fsp3) is 0.0980. The van der Waals surface area contributed by atoms with Crippen LogP contribution < -0.4 is 9.80 Å². The van der Waals surface area contributed by atoms with E-state index in [1.807, 2.05) is 0 Å². The van der Waals surface area contributed by atoms with Crippen LogP contribution >= 0.6 is 0 Å². The van der Waals surface area contributed by atoms with Crippen LogP contribution in [0.25, 0.3) is 164 Å². The van der Waals surface area contributed by atoms with E-state index in [9.17, 15) is 0 Å². The molecule has 0 spiro atoms. The Hall–Kier alpha value is -12.8. The summed E-state index contributed by atoms with van der Waals surface area (Å²) < 4.78 is 14.7. The summed E-state index contributed by atoms with van der Waals surface area (Å²) in [6, 6.07) is 117. The van der Waals surface area contributed by atoms with Crippen LogP contribution in [0.15, 0.2) is 324 Å². The van der Waals surface area contributed by atoms with Crippen molar-refractivity contribution in [3.63, 3.8) is 0 Å². The molecule has 20 aromatic rings. The average molecular weight is 1360 g/mol. The molecule has 0 saturated heterocycles. The van der Waals surface area contributed by atoms with Crippen molar-refractivity contribution in [3.05, 3.63) is 338 Å². The molecule has 4 heteroatoms. The lowest BCUT2D eigenvalue weighted by Gasteiger charge is -2.30. The van der Waals surface area contributed by atoms with Crippen molar-refractivity contribution in [2.75, 3.05) is 9.80 Å². The van der Waals surface area contributed by atoms with Gasteiger partial charge in [0.1, 0.15) is 11.2 Å². The summed E-state index contributed by atoms with van der Waals surface area (Å²) in [6.45, 7) is 18.1. The minimum absolute atomic E-state index is 0.113. The second-order valence-corrected chi connectivity index (χ2v) is 31.2. The van der Waals surface area contributed by atoms with E-state index in [2.05, 4.69) is 381 Å². The summed E-state index contributed by atoms with van der Waals surface area (Å²) in [4.78, 5) is 4.90. The van der Waals surface area contributed by atoms with E-state index in [1.54, 1.807) is 0 Å². The van der Waals surface area contributed by atoms with E-state index in [1.165, 1.54) is 109 Å². The molecule has 0 aliphatic heterocycles. The molecule has 506 valence electrons. The number of nitrogens with zero attached hydrogens (tertiary/aromatic N) is 2. The molecule has 0 atom stereocenters. The Bertz CT molecular complexity index is 6950. The van der Waals surface area contributed by atoms with Crippen LogP contribution in [0.2, 0.25) is 0 Å². The molecule has 4 nitrogen and oxygen atoms in total. The van der Waals surface area contributed by atoms with E-state index in [0.717, 1.165) is 111 Å². The number of anilines is 6. The topological polar surface area (TPSA) is 32.8 Å². The summed E-state index contributed by atoms with van der Waals surface area (Å²) in [7, 11) is 0. The van der Waals surface area contributed by atoms with Crippen molar-refractivity contribution in [1.82, 2.24) is 0 Å². The molecular formula is C102H76N2O2. The van der Waals surface area contributed by atoms with E-state index >= 15 is 0 Å². The van der Waals surface area contributed by atoms with Crippen LogP contribution in [-0.4, -0.2) is 0 Å². The highest BCUT2D eigenvalue weighted by Gasteiger charge is 2.31. The van der Waals surface area contributed by atoms with E-state index < -0.39 is 0 Å². The third-order valence-electron chi connectivity index (χ3n) is 22.7. The Balaban J connectivity index is 0.685. The zero-order valence-corrected chi connectivity index (χ0v) is 60.7. The van der Waals surface area contributed by atoms with E-state index in [-0.39, 0.29) is 10.8 Å². The fourth-order valence-electron chi connectivity index (χ4n) is 17.5. The molecule has 2 aromatic heterocycles. The first kappa shape index (κ1) is 63.0. The lowest BCUT2D eigenvalue weighted by Crippen LogP contribution is -2.13. The predicted molar refractivity (Wildman–Crippen MR) is 453 cm³/mol. The quantitative estimate of drug-likeness (QED) is 0.101. The van der Waals surface area contributed by atoms with Gasteiger partial charge >= 0.3 is 0 Å². The molecule has 0 bridgehead atoms. The molecule has 18 aromatic carbocycles. The maximum atomic E-state index is 7.50. The van der Waals surface area contributed by atoms with Crippen LogP contribution in [0.3, 0.4) is 0 Å². The first-order valence-corrected chi connectivity index (χ1v) is 37.1. The van der Waals surface area contributed by atoms with Gasteiger partial charge in [0.2, 0.25) is 0 Å². The first-order chi connectivity index (χ1) is 51.7. The van der Waals surface area contributed by atoms with Crippen molar-refractivity contribution in [2.45, 2.75) is 66.2 Å². The van der Waals surface area contributed by atoms with Crippen molar-refractivity contribution >= 4 is 153 Å². The zero-order valence-electron chi connectivity index (χ0n) is 60.7. The smallest absolute Gasteiger partial charge is 0.159 e. The molecule has 0 fully saturated rings. The second-order valence-electron chi connectivity index (χ2n) is 31.2. The van der Waals surface area contributed by atoms with Crippen LogP contribution in [0.4, 0.5) is 34.1 Å². The highest BCUT2D eigenvalue weighted by molar-refractivity contribution is 6.29. The highest BCUT2D eigenvalue weighted by atomic mass is 16.3. The fourth-order valence-corrected chi connectivity index (χ4v) is 17.5. The number of para-hydroxylation sites is 5. The number of furan rings is 2. The minimum Gasteiger partial charge on any atom is -0.454 e. The Morgan fingerprint density at radius 3 is 1.17 bits per heavy atom. The van der Waals surface area contributed by atoms with Crippen LogP contribution in [-0.2, 0) is 10.8 Å². The largest absolute Gasteiger partial charge is 0.454 e. The van der Waals surface area contributed by atoms with Crippen molar-refractivity contribution in [2.24, 2.45) is 0 Å². The molecule has 0 amide bonds. The van der Waals surface area contributed by atoms with Gasteiger partial charge in [-0.25, -0.2) is 0 Å². The number of rotatable bonds is 10. The zero-order chi connectivity index (χ0) is 71.4. The Kier molecular flexibility index (Phi) is 14.2. The van der Waals surface area contributed by atoms with Gasteiger partial charge in [-0.15, -0.1) is 0 Å². The minimum atomic E-state index is -0.255. The second kappa shape index (κ2) is 23.9. The van der Waals surface area contributed by atoms with Gasteiger partial charge in [0.25, 0.3) is 0 Å². The third kappa shape index (κ3) is 9.88. The van der Waals surface area contributed by atoms with Gasteiger partial charge in [-0.3, -0.25) is 0 Å². The van der Waals surface area contributed by atoms with Gasteiger partial charge in [-0.05, 0) is 206 Å². The van der Waals surface area contributed by atoms with E-state index in [4.69, 9.17) is 8.83 Å². The van der Waals surface area contributed by atoms with Crippen LogP contribution in [0.5, 0.6) is 0 Å². The van der Waals surface area contributed by atoms with Gasteiger partial charge in [0, 0.05) is 54.8 Å². The number of hydrogen-bond acceptors (Lipinski definition) is 4. The molecule has 0 N–H and O–H groups in total. The van der Waals surface area contributed by atoms with Crippen LogP contribution in [0, 0.1) is 13.8 Å². The summed E-state index contributed by atoms with van der Waals surface area (Å²) in [5.74, 6) is 0. The number of aryl methyl sites for hydroxylation is 2. The average Bonchev–Trinajstić information content (AvgIpc) is 1.05. The first-order valence-electron chi connectivity index (χ1n) is 37.1. The molecule has 20 rings (SSSR count). The standard InChI is InChI=1S/C102H76N2O2/c1-61-23-9-17-37-87(61)103(91-39-21-34-80-79-33-20-36-85(101(3,4)5)97(79)105-99(80)91)89-55-51-66-50-54-83-90(56-52-67-49-53-82(89)94(66)95(67)83)104(88-38-18-10-24-62(88)2)92-40-22-35-81-84-59-72(60-86(102(6,7)8)98(84)106-100(81)92)71-48-47-69-57-68(45-46-70(69)58-71)63-41-43-65(44-42-63)93-75-28-13-15-30-77(75)96(78-31-16-14-29-76(78)93)74-32-19-26-64-25-11-12-27-73(64)74/h9-60H,1-8H3. The van der Waals surface area contributed by atoms with Gasteiger partial charge in [-0.2, -0.15) is 0 Å². The Morgan fingerprint density at radius 2 is 0.623 bits per heavy atom. The summed E-state index contributed by atoms with van der Waals surface area (Å²) in [5, 5.41) is 21.4. The lowest BCUT2D eigenvalue weighted by atomic mass is 9.83. The number of fused-ring (bicyclic) bond motifs is 10. The Labute approximate surface area is 616 Å². The predicted octanol–water partition coefficient (Wildman–Crippen LogP) is 29.8. The normalized spacial score (nSPS) is 12.3. The molecule has 106 heavy (non-hydrogen) atoms.